The number of hydrogen-bond donors (Lipinski definition) is 4. The van der Waals surface area contributed by atoms with E-state index in [2.05, 4.69) is 26.2 Å². The quantitative estimate of drug-likeness (QED) is 0.0502. The summed E-state index contributed by atoms with van der Waals surface area (Å²) >= 11 is 0. The summed E-state index contributed by atoms with van der Waals surface area (Å²) < 4.78 is 68.6. The molecular weight excluding hydrogens is 782 g/mol. The van der Waals surface area contributed by atoms with Crippen LogP contribution in [0.15, 0.2) is 101 Å². The van der Waals surface area contributed by atoms with Gasteiger partial charge in [0.1, 0.15) is 20.4 Å². The van der Waals surface area contributed by atoms with Crippen LogP contribution in [0, 0.1) is 20.2 Å². The van der Waals surface area contributed by atoms with Crippen LogP contribution >= 0.6 is 0 Å². The van der Waals surface area contributed by atoms with E-state index in [1.807, 2.05) is 5.43 Å². The summed E-state index contributed by atoms with van der Waals surface area (Å²) in [4.78, 5) is 56.6. The number of Topliss-reactive ketones (excluding diaryl/α,β-unsaturated/α-hetero) is 1. The standard InChI is InChI=1S/C28H18N8O14S2.2Na/c37-22-8-7-19(28(40)24(22)33-29-14-3-5-16(6-4-14)35(41)42)31-30-15-2-1-13-9-23(52(48,49)50)25(26(38)18(13)10-15)34-32-20-11-17(51(45,46)47)12-21(27(20)39)36(43)44;;/h1-12,29-30,32,39H,(H,45,46,47)(H,48,49,50);;/q;2*+1/p-2/b31-19-,33-24+,34-25+;;. The average molecular weight is 799 g/mol. The summed E-state index contributed by atoms with van der Waals surface area (Å²) in [5, 5.41) is 44.9. The van der Waals surface area contributed by atoms with E-state index in [0.29, 0.717) is 6.07 Å². The molecule has 4 N–H and O–H groups in total. The van der Waals surface area contributed by atoms with Gasteiger partial charge in [0.15, 0.2) is 11.1 Å². The topological polar surface area (TPSA) is 345 Å². The van der Waals surface area contributed by atoms with Gasteiger partial charge < -0.3 is 9.66 Å². The maximum Gasteiger partial charge on any atom is 1.00 e. The number of non-ortho nitro benzene ring substituents is 1. The van der Waals surface area contributed by atoms with Crippen molar-refractivity contribution in [1.82, 2.24) is 0 Å². The van der Waals surface area contributed by atoms with Crippen LogP contribution in [0.25, 0.3) is 6.08 Å². The molecule has 4 aromatic carbocycles. The van der Waals surface area contributed by atoms with Gasteiger partial charge in [-0.25, -0.2) is 8.42 Å². The minimum atomic E-state index is -5.36. The van der Waals surface area contributed by atoms with E-state index in [4.69, 9.17) is 0 Å². The zero-order valence-electron chi connectivity index (χ0n) is 27.2. The summed E-state index contributed by atoms with van der Waals surface area (Å²) in [6.07, 6.45) is 0.807. The molecule has 26 heteroatoms. The Bertz CT molecular complexity index is 2750. The smallest absolute Gasteiger partial charge is 0.866 e. The van der Waals surface area contributed by atoms with Crippen molar-refractivity contribution in [2.24, 2.45) is 15.3 Å². The number of ketones is 1. The van der Waals surface area contributed by atoms with E-state index in [0.717, 1.165) is 36.4 Å². The van der Waals surface area contributed by atoms with Crippen LogP contribution in [0.1, 0.15) is 15.9 Å². The third-order valence-electron chi connectivity index (χ3n) is 6.88. The number of fused-ring (bicyclic) bond motifs is 1. The Balaban J connectivity index is 0.00000392. The van der Waals surface area contributed by atoms with Crippen molar-refractivity contribution in [2.75, 3.05) is 16.3 Å². The Kier molecular flexibility index (Phi) is 13.6. The van der Waals surface area contributed by atoms with E-state index in [1.54, 1.807) is 0 Å². The molecule has 22 nitrogen and oxygen atoms in total. The first-order valence-corrected chi connectivity index (χ1v) is 16.6. The molecule has 266 valence electrons. The van der Waals surface area contributed by atoms with Gasteiger partial charge in [-0.3, -0.25) is 55.4 Å². The molecule has 0 aliphatic heterocycles. The van der Waals surface area contributed by atoms with Crippen molar-refractivity contribution in [3.8, 4) is 5.75 Å². The number of rotatable bonds is 10. The Hall–Kier alpha value is -5.02. The molecule has 1 aliphatic rings. The monoisotopic (exact) mass is 798 g/mol. The molecule has 0 atom stereocenters. The Morgan fingerprint density at radius 3 is 1.96 bits per heavy atom. The molecule has 0 amide bonds. The summed E-state index contributed by atoms with van der Waals surface area (Å²) in [6.45, 7) is 0. The number of hydrogen-bond acceptors (Lipinski definition) is 19. The number of anilines is 3. The summed E-state index contributed by atoms with van der Waals surface area (Å²) in [5.74, 6) is -2.70. The number of benzene rings is 4. The van der Waals surface area contributed by atoms with E-state index < -0.39 is 84.7 Å². The summed E-state index contributed by atoms with van der Waals surface area (Å²) in [7, 11) is -10.6. The van der Waals surface area contributed by atoms with Crippen molar-refractivity contribution in [3.05, 3.63) is 134 Å². The van der Waals surface area contributed by atoms with Crippen molar-refractivity contribution < 1.29 is 105 Å². The Morgan fingerprint density at radius 1 is 0.741 bits per heavy atom. The number of hydrazone groups is 1. The van der Waals surface area contributed by atoms with E-state index in [-0.39, 0.29) is 98.7 Å². The summed E-state index contributed by atoms with van der Waals surface area (Å²) in [6, 6.07) is 11.1. The number of nitro benzene ring substituents is 2. The van der Waals surface area contributed by atoms with Gasteiger partial charge in [0.25, 0.3) is 21.5 Å². The van der Waals surface area contributed by atoms with Gasteiger partial charge >= 0.3 is 59.1 Å². The normalized spacial score (nSPS) is 13.9. The summed E-state index contributed by atoms with van der Waals surface area (Å²) in [5.41, 5.74) is 1.22. The number of carbonyl (C=O) groups is 1. The van der Waals surface area contributed by atoms with Gasteiger partial charge in [-0.05, 0) is 59.9 Å². The van der Waals surface area contributed by atoms with Gasteiger partial charge in [0.05, 0.1) is 31.8 Å². The number of nitrogens with zero attached hydrogens (tertiary/aromatic N) is 5. The van der Waals surface area contributed by atoms with Crippen molar-refractivity contribution >= 4 is 66.2 Å². The van der Waals surface area contributed by atoms with Crippen molar-refractivity contribution in [1.29, 1.82) is 0 Å². The first kappa shape index (κ1) is 43.4. The van der Waals surface area contributed by atoms with Crippen LogP contribution < -0.4 is 102 Å². The molecule has 0 aromatic heterocycles. The fourth-order valence-corrected chi connectivity index (χ4v) is 5.58. The number of allylic oxidation sites excluding steroid dienone is 1. The Labute approximate surface area is 344 Å². The number of nitrogens with one attached hydrogen (secondary N) is 3. The minimum absolute atomic E-state index is 0. The van der Waals surface area contributed by atoms with Crippen LogP contribution in [0.2, 0.25) is 0 Å². The molecule has 1 aliphatic carbocycles. The molecular formula is C28H16N8Na2O14S2. The van der Waals surface area contributed by atoms with Crippen molar-refractivity contribution in [2.45, 2.75) is 4.90 Å². The van der Waals surface area contributed by atoms with Crippen molar-refractivity contribution in [3.63, 3.8) is 0 Å². The Morgan fingerprint density at radius 2 is 1.37 bits per heavy atom. The van der Waals surface area contributed by atoms with Gasteiger partial charge in [-0.15, -0.1) is 0 Å². The molecule has 5 rings (SSSR count). The zero-order valence-corrected chi connectivity index (χ0v) is 32.9. The molecule has 0 spiro atoms. The SMILES string of the molecule is O=C1/C(=N/Nc2cc(S(=O)(=O)[O-])cc([N+](=O)[O-])c2[O-])C(S(=O)(=O)O)=Cc2ccc(N/N=c3/ccc(=O)/c(=N\Nc4ccc([N+](=O)[O-])cc4)c3=O)cc21.[Na+].[Na+]. The molecule has 0 saturated carbocycles. The second kappa shape index (κ2) is 17.0. The van der Waals surface area contributed by atoms with Crippen LogP contribution in [0.5, 0.6) is 5.75 Å². The molecule has 0 radical (unpaired) electrons. The molecule has 0 heterocycles. The maximum absolute atomic E-state index is 13.5. The first-order chi connectivity index (χ1) is 24.3. The van der Waals surface area contributed by atoms with Gasteiger partial charge in [0, 0.05) is 23.8 Å². The second-order valence-corrected chi connectivity index (χ2v) is 13.0. The molecule has 0 bridgehead atoms. The van der Waals surface area contributed by atoms with Gasteiger partial charge in [-0.2, -0.15) is 23.7 Å². The molecule has 54 heavy (non-hydrogen) atoms. The molecule has 4 aromatic rings. The number of carbonyl (C=O) groups excluding carboxylic acids is 1. The third-order valence-corrected chi connectivity index (χ3v) is 8.56. The fraction of sp³-hybridized carbons (Fsp3) is 0. The van der Waals surface area contributed by atoms with E-state index in [9.17, 15) is 65.7 Å². The first-order valence-electron chi connectivity index (χ1n) is 13.7. The van der Waals surface area contributed by atoms with Gasteiger partial charge in [0.2, 0.25) is 16.6 Å². The van der Waals surface area contributed by atoms with Crippen LogP contribution in [0.3, 0.4) is 0 Å². The third kappa shape index (κ3) is 9.55. The average Bonchev–Trinajstić information content (AvgIpc) is 3.07. The van der Waals surface area contributed by atoms with Gasteiger partial charge in [-0.1, -0.05) is 6.07 Å². The minimum Gasteiger partial charge on any atom is -0.866 e. The fourth-order valence-electron chi connectivity index (χ4n) is 4.41. The van der Waals surface area contributed by atoms with Crippen LogP contribution in [-0.2, 0) is 20.2 Å². The molecule has 0 fully saturated rings. The maximum atomic E-state index is 13.5. The second-order valence-electron chi connectivity index (χ2n) is 10.2. The van der Waals surface area contributed by atoms with E-state index >= 15 is 0 Å². The number of nitro groups is 2. The van der Waals surface area contributed by atoms with Crippen LogP contribution in [-0.4, -0.2) is 47.3 Å². The molecule has 0 unspecified atom stereocenters. The predicted octanol–water partition coefficient (Wildman–Crippen LogP) is -6.17. The zero-order chi connectivity index (χ0) is 38.1. The van der Waals surface area contributed by atoms with Crippen LogP contribution in [0.4, 0.5) is 28.4 Å². The molecule has 0 saturated heterocycles. The largest absolute Gasteiger partial charge is 1.00 e. The predicted molar refractivity (Wildman–Crippen MR) is 175 cm³/mol. The van der Waals surface area contributed by atoms with E-state index in [1.165, 1.54) is 24.3 Å².